The zero-order chi connectivity index (χ0) is 18.8. The molecule has 0 unspecified atom stereocenters. The van der Waals surface area contributed by atoms with Crippen LogP contribution in [0.15, 0.2) is 59.5 Å². The van der Waals surface area contributed by atoms with Crippen LogP contribution in [0.1, 0.15) is 11.3 Å². The first-order valence-corrected chi connectivity index (χ1v) is 8.58. The lowest BCUT2D eigenvalue weighted by molar-refractivity contribution is 0.242. The number of nitrogens with one attached hydrogen (secondary N) is 5. The molecule has 2 amide bonds. The third kappa shape index (κ3) is 3.62. The highest BCUT2D eigenvalue weighted by Gasteiger charge is 2.04. The van der Waals surface area contributed by atoms with Crippen LogP contribution in [-0.2, 0) is 6.54 Å². The Balaban J connectivity index is 1.35. The zero-order valence-electron chi connectivity index (χ0n) is 14.7. The summed E-state index contributed by atoms with van der Waals surface area (Å²) in [6, 6.07) is 14.8. The first kappa shape index (κ1) is 16.7. The Bertz CT molecular complexity index is 1190. The normalized spacial score (nSPS) is 10.9. The number of hydrogen-bond donors (Lipinski definition) is 5. The number of aromatic amines is 2. The number of carbonyl (C=O) groups is 1. The van der Waals surface area contributed by atoms with Crippen molar-refractivity contribution in [3.63, 3.8) is 0 Å². The summed E-state index contributed by atoms with van der Waals surface area (Å²) in [4.78, 5) is 29.6. The van der Waals surface area contributed by atoms with Gasteiger partial charge in [-0.05, 0) is 65.7 Å². The largest absolute Gasteiger partial charge is 0.359 e. The van der Waals surface area contributed by atoms with Gasteiger partial charge in [0.1, 0.15) is 0 Å². The van der Waals surface area contributed by atoms with Crippen molar-refractivity contribution in [1.29, 1.82) is 0 Å². The zero-order valence-corrected chi connectivity index (χ0v) is 14.7. The molecular weight excluding hydrogens is 342 g/mol. The number of rotatable bonds is 4. The Kier molecular flexibility index (Phi) is 4.25. The number of pyridine rings is 1. The van der Waals surface area contributed by atoms with Gasteiger partial charge in [-0.25, -0.2) is 4.79 Å². The maximum atomic E-state index is 12.0. The van der Waals surface area contributed by atoms with Crippen LogP contribution in [0.4, 0.5) is 10.5 Å². The summed E-state index contributed by atoms with van der Waals surface area (Å²) in [5.74, 6) is 0. The van der Waals surface area contributed by atoms with E-state index in [4.69, 9.17) is 0 Å². The molecule has 0 saturated heterocycles. The van der Waals surface area contributed by atoms with E-state index in [0.717, 1.165) is 27.5 Å². The van der Waals surface area contributed by atoms with Gasteiger partial charge in [-0.2, -0.15) is 0 Å². The van der Waals surface area contributed by atoms with Crippen LogP contribution in [-0.4, -0.2) is 16.0 Å². The van der Waals surface area contributed by atoms with Crippen LogP contribution in [0.2, 0.25) is 0 Å². The number of H-pyrrole nitrogens is 2. The Labute approximate surface area is 154 Å². The van der Waals surface area contributed by atoms with Crippen molar-refractivity contribution in [2.75, 3.05) is 5.43 Å². The second-order valence-electron chi connectivity index (χ2n) is 6.42. The number of hydrogen-bond acceptors (Lipinski definition) is 3. The minimum absolute atomic E-state index is 0.140. The monoisotopic (exact) mass is 361 g/mol. The van der Waals surface area contributed by atoms with E-state index in [2.05, 4.69) is 32.2 Å². The molecule has 136 valence electrons. The molecule has 0 aliphatic carbocycles. The molecule has 7 heteroatoms. The molecule has 0 fully saturated rings. The van der Waals surface area contributed by atoms with Crippen LogP contribution in [0, 0.1) is 6.92 Å². The summed E-state index contributed by atoms with van der Waals surface area (Å²) in [5.41, 5.74) is 9.19. The van der Waals surface area contributed by atoms with Gasteiger partial charge in [0.25, 0.3) is 5.56 Å². The van der Waals surface area contributed by atoms with Crippen molar-refractivity contribution in [1.82, 2.24) is 20.7 Å². The van der Waals surface area contributed by atoms with Crippen molar-refractivity contribution >= 4 is 33.4 Å². The number of anilines is 1. The third-order valence-electron chi connectivity index (χ3n) is 4.37. The highest BCUT2D eigenvalue weighted by atomic mass is 16.2. The molecule has 2 aromatic heterocycles. The van der Waals surface area contributed by atoms with E-state index in [1.165, 1.54) is 0 Å². The van der Waals surface area contributed by atoms with Crippen molar-refractivity contribution in [2.24, 2.45) is 0 Å². The lowest BCUT2D eigenvalue weighted by Gasteiger charge is -2.10. The molecule has 4 aromatic rings. The van der Waals surface area contributed by atoms with Gasteiger partial charge >= 0.3 is 6.03 Å². The quantitative estimate of drug-likeness (QED) is 0.361. The van der Waals surface area contributed by atoms with Gasteiger partial charge in [0.05, 0.1) is 5.69 Å². The van der Waals surface area contributed by atoms with E-state index in [-0.39, 0.29) is 11.6 Å². The highest BCUT2D eigenvalue weighted by molar-refractivity contribution is 5.85. The molecule has 2 aromatic carbocycles. The second kappa shape index (κ2) is 6.87. The Morgan fingerprint density at radius 3 is 2.81 bits per heavy atom. The van der Waals surface area contributed by atoms with E-state index >= 15 is 0 Å². The van der Waals surface area contributed by atoms with Gasteiger partial charge in [0, 0.05) is 29.3 Å². The maximum absolute atomic E-state index is 12.0. The van der Waals surface area contributed by atoms with Gasteiger partial charge in [-0.15, -0.1) is 0 Å². The molecule has 0 bridgehead atoms. The molecule has 27 heavy (non-hydrogen) atoms. The van der Waals surface area contributed by atoms with E-state index in [9.17, 15) is 9.59 Å². The minimum Gasteiger partial charge on any atom is -0.359 e. The first-order valence-electron chi connectivity index (χ1n) is 8.58. The van der Waals surface area contributed by atoms with E-state index in [1.807, 2.05) is 25.1 Å². The smallest absolute Gasteiger partial charge is 0.333 e. The Morgan fingerprint density at radius 2 is 1.93 bits per heavy atom. The number of benzene rings is 2. The summed E-state index contributed by atoms with van der Waals surface area (Å²) in [5, 5.41) is 5.32. The predicted molar refractivity (Wildman–Crippen MR) is 107 cm³/mol. The number of hydrazine groups is 1. The van der Waals surface area contributed by atoms with E-state index < -0.39 is 0 Å². The molecule has 0 radical (unpaired) electrons. The van der Waals surface area contributed by atoms with Crippen molar-refractivity contribution in [3.8, 4) is 0 Å². The number of fused-ring (bicyclic) bond motifs is 2. The van der Waals surface area contributed by atoms with E-state index in [1.54, 1.807) is 30.5 Å². The molecule has 2 heterocycles. The summed E-state index contributed by atoms with van der Waals surface area (Å²) in [6.45, 7) is 2.43. The number of aromatic nitrogens is 2. The molecular formula is C20H19N5O2. The highest BCUT2D eigenvalue weighted by Crippen LogP contribution is 2.17. The second-order valence-corrected chi connectivity index (χ2v) is 6.42. The topological polar surface area (TPSA) is 102 Å². The molecule has 5 N–H and O–H groups in total. The number of urea groups is 1. The number of carbonyl (C=O) groups excluding carboxylic acids is 1. The summed E-state index contributed by atoms with van der Waals surface area (Å²) in [6.07, 6.45) is 1.59. The molecule has 0 aliphatic heterocycles. The summed E-state index contributed by atoms with van der Waals surface area (Å²) in [7, 11) is 0. The van der Waals surface area contributed by atoms with E-state index in [0.29, 0.717) is 17.6 Å². The average Bonchev–Trinajstić information content (AvgIpc) is 3.04. The lowest BCUT2D eigenvalue weighted by atomic mass is 10.1. The molecule has 0 saturated carbocycles. The average molecular weight is 361 g/mol. The van der Waals surface area contributed by atoms with Crippen LogP contribution in [0.25, 0.3) is 21.7 Å². The van der Waals surface area contributed by atoms with Crippen LogP contribution in [0.5, 0.6) is 0 Å². The van der Waals surface area contributed by atoms with Crippen LogP contribution < -0.4 is 21.7 Å². The summed E-state index contributed by atoms with van der Waals surface area (Å²) < 4.78 is 0. The molecule has 0 aliphatic rings. The Morgan fingerprint density at radius 1 is 1.04 bits per heavy atom. The molecule has 7 nitrogen and oxygen atoms in total. The van der Waals surface area contributed by atoms with Gasteiger partial charge in [-0.3, -0.25) is 15.6 Å². The number of aryl methyl sites for hydroxylation is 1. The van der Waals surface area contributed by atoms with Gasteiger partial charge in [0.2, 0.25) is 0 Å². The van der Waals surface area contributed by atoms with Gasteiger partial charge < -0.3 is 15.3 Å². The fourth-order valence-corrected chi connectivity index (χ4v) is 3.06. The van der Waals surface area contributed by atoms with Gasteiger partial charge in [0.15, 0.2) is 0 Å². The minimum atomic E-state index is -0.341. The lowest BCUT2D eigenvalue weighted by Crippen LogP contribution is -2.38. The Hall–Kier alpha value is -3.74. The predicted octanol–water partition coefficient (Wildman–Crippen LogP) is 3.14. The van der Waals surface area contributed by atoms with Crippen LogP contribution in [0.3, 0.4) is 0 Å². The SMILES string of the molecule is Cc1cc2cc(CNC(=O)NNc3ccc4c(=O)[nH]ccc4c3)ccc2[nH]1. The van der Waals surface area contributed by atoms with Gasteiger partial charge in [-0.1, -0.05) is 6.07 Å². The fourth-order valence-electron chi connectivity index (χ4n) is 3.06. The standard InChI is InChI=1S/C20H19N5O2/c1-12-8-15-9-13(2-5-18(15)23-12)11-22-20(27)25-24-16-3-4-17-14(10-16)6-7-21-19(17)26/h2-10,23-24H,11H2,1H3,(H,21,26)(H2,22,25,27). The van der Waals surface area contributed by atoms with Crippen molar-refractivity contribution < 1.29 is 4.79 Å². The van der Waals surface area contributed by atoms with Crippen molar-refractivity contribution in [2.45, 2.75) is 13.5 Å². The fraction of sp³-hybridized carbons (Fsp3) is 0.100. The number of amides is 2. The first-order chi connectivity index (χ1) is 13.1. The van der Waals surface area contributed by atoms with Crippen molar-refractivity contribution in [3.05, 3.63) is 76.3 Å². The third-order valence-corrected chi connectivity index (χ3v) is 4.37. The molecule has 4 rings (SSSR count). The summed E-state index contributed by atoms with van der Waals surface area (Å²) >= 11 is 0. The molecule has 0 spiro atoms. The maximum Gasteiger partial charge on any atom is 0.333 e. The molecule has 0 atom stereocenters. The van der Waals surface area contributed by atoms with Crippen LogP contribution >= 0.6 is 0 Å².